The summed E-state index contributed by atoms with van der Waals surface area (Å²) in [6, 6.07) is 0. The van der Waals surface area contributed by atoms with Gasteiger partial charge in [-0.05, 0) is 24.3 Å². The molecule has 2 atom stereocenters. The number of hydrogen-bond acceptors (Lipinski definition) is 2. The third-order valence-corrected chi connectivity index (χ3v) is 4.32. The fourth-order valence-electron chi connectivity index (χ4n) is 2.44. The summed E-state index contributed by atoms with van der Waals surface area (Å²) < 4.78 is -0.369. The molecule has 2 aliphatic carbocycles. The van der Waals surface area contributed by atoms with Crippen LogP contribution < -0.4 is 0 Å². The minimum atomic E-state index is -0.369. The lowest BCUT2D eigenvalue weighted by Gasteiger charge is -2.29. The van der Waals surface area contributed by atoms with Gasteiger partial charge in [0, 0.05) is 12.3 Å². The maximum Gasteiger partial charge on any atom is 0.156 e. The molecule has 0 radical (unpaired) electrons. The zero-order valence-corrected chi connectivity index (χ0v) is 10.6. The minimum Gasteiger partial charge on any atom is -0.302 e. The van der Waals surface area contributed by atoms with Gasteiger partial charge in [0.1, 0.15) is 6.29 Å². The van der Waals surface area contributed by atoms with Gasteiger partial charge in [-0.3, -0.25) is 4.79 Å². The number of carbonyl (C=O) groups excluding carboxylic acids is 2. The van der Waals surface area contributed by atoms with E-state index in [1.807, 2.05) is 0 Å². The van der Waals surface area contributed by atoms with Gasteiger partial charge in [-0.2, -0.15) is 0 Å². The van der Waals surface area contributed by atoms with Gasteiger partial charge in [0.05, 0.1) is 4.32 Å². The molecule has 0 amide bonds. The second kappa shape index (κ2) is 3.27. The van der Waals surface area contributed by atoms with Crippen LogP contribution in [0.25, 0.3) is 0 Å². The second-order valence-corrected chi connectivity index (χ2v) is 6.98. The first kappa shape index (κ1) is 11.1. The highest BCUT2D eigenvalue weighted by Gasteiger charge is 2.55. The van der Waals surface area contributed by atoms with Gasteiger partial charge in [0.25, 0.3) is 0 Å². The van der Waals surface area contributed by atoms with Crippen LogP contribution >= 0.6 is 15.9 Å². The molecule has 0 saturated heterocycles. The Morgan fingerprint density at radius 1 is 1.47 bits per heavy atom. The van der Waals surface area contributed by atoms with Crippen molar-refractivity contribution in [1.29, 1.82) is 0 Å². The molecule has 2 rings (SSSR count). The Balaban J connectivity index is 2.18. The number of halogens is 1. The van der Waals surface area contributed by atoms with Gasteiger partial charge >= 0.3 is 0 Å². The Labute approximate surface area is 98.2 Å². The van der Waals surface area contributed by atoms with Gasteiger partial charge in [0.2, 0.25) is 0 Å². The van der Waals surface area contributed by atoms with Crippen LogP contribution in [-0.2, 0) is 9.59 Å². The van der Waals surface area contributed by atoms with Crippen molar-refractivity contribution in [2.75, 3.05) is 0 Å². The Bertz CT molecular complexity index is 357. The van der Waals surface area contributed by atoms with Crippen molar-refractivity contribution in [3.63, 3.8) is 0 Å². The summed E-state index contributed by atoms with van der Waals surface area (Å²) in [5.41, 5.74) is 1.21. The average Bonchev–Trinajstić information content (AvgIpc) is 2.76. The van der Waals surface area contributed by atoms with E-state index in [0.29, 0.717) is 6.42 Å². The van der Waals surface area contributed by atoms with Crippen molar-refractivity contribution in [3.05, 3.63) is 11.6 Å². The summed E-state index contributed by atoms with van der Waals surface area (Å²) in [7, 11) is 0. The van der Waals surface area contributed by atoms with Crippen LogP contribution in [0.5, 0.6) is 0 Å². The topological polar surface area (TPSA) is 34.1 Å². The monoisotopic (exact) mass is 270 g/mol. The summed E-state index contributed by atoms with van der Waals surface area (Å²) in [6.45, 7) is 4.22. The zero-order valence-electron chi connectivity index (χ0n) is 9.05. The number of alkyl halides is 1. The highest BCUT2D eigenvalue weighted by molar-refractivity contribution is 9.10. The number of aldehydes is 1. The molecule has 0 aliphatic heterocycles. The van der Waals surface area contributed by atoms with Gasteiger partial charge in [-0.25, -0.2) is 0 Å². The van der Waals surface area contributed by atoms with Gasteiger partial charge in [-0.1, -0.05) is 35.4 Å². The Morgan fingerprint density at radius 3 is 2.60 bits per heavy atom. The number of rotatable bonds is 2. The molecule has 2 aliphatic rings. The molecule has 0 aromatic carbocycles. The van der Waals surface area contributed by atoms with Crippen LogP contribution in [-0.4, -0.2) is 16.4 Å². The number of carbonyl (C=O) groups is 2. The summed E-state index contributed by atoms with van der Waals surface area (Å²) in [6.07, 6.45) is 5.11. The van der Waals surface area contributed by atoms with Crippen LogP contribution in [0.4, 0.5) is 0 Å². The summed E-state index contributed by atoms with van der Waals surface area (Å²) >= 11 is 3.43. The van der Waals surface area contributed by atoms with Gasteiger partial charge in [0.15, 0.2) is 5.78 Å². The SMILES string of the molecule is CC1(C)CC(=O)C=C([C@@H]2C[C@@]2(Br)C=O)C1. The lowest BCUT2D eigenvalue weighted by molar-refractivity contribution is -0.117. The van der Waals surface area contributed by atoms with Crippen molar-refractivity contribution < 1.29 is 9.59 Å². The van der Waals surface area contributed by atoms with Crippen molar-refractivity contribution in [2.24, 2.45) is 11.3 Å². The largest absolute Gasteiger partial charge is 0.302 e. The third kappa shape index (κ3) is 2.07. The molecule has 82 valence electrons. The van der Waals surface area contributed by atoms with Gasteiger partial charge in [-0.15, -0.1) is 0 Å². The van der Waals surface area contributed by atoms with Crippen LogP contribution in [0.2, 0.25) is 0 Å². The highest BCUT2D eigenvalue weighted by atomic mass is 79.9. The van der Waals surface area contributed by atoms with Crippen LogP contribution in [0, 0.1) is 11.3 Å². The Kier molecular flexibility index (Phi) is 2.41. The fraction of sp³-hybridized carbons (Fsp3) is 0.667. The maximum absolute atomic E-state index is 11.5. The van der Waals surface area contributed by atoms with Gasteiger partial charge < -0.3 is 4.79 Å². The predicted molar refractivity (Wildman–Crippen MR) is 61.9 cm³/mol. The van der Waals surface area contributed by atoms with E-state index in [2.05, 4.69) is 29.8 Å². The molecule has 0 heterocycles. The molecular formula is C12H15BrO2. The standard InChI is InChI=1S/C12H15BrO2/c1-11(2)4-8(3-9(15)5-11)10-6-12(10,13)7-14/h3,7,10H,4-6H2,1-2H3/t10-,12+/m0/s1. The molecule has 0 spiro atoms. The number of hydrogen-bond donors (Lipinski definition) is 0. The Hall–Kier alpha value is -0.440. The molecule has 0 bridgehead atoms. The molecule has 3 heteroatoms. The van der Waals surface area contributed by atoms with Crippen molar-refractivity contribution in [3.8, 4) is 0 Å². The first-order valence-corrected chi connectivity index (χ1v) is 6.04. The highest BCUT2D eigenvalue weighted by Crippen LogP contribution is 2.56. The van der Waals surface area contributed by atoms with Crippen LogP contribution in [0.15, 0.2) is 11.6 Å². The third-order valence-electron chi connectivity index (χ3n) is 3.26. The van der Waals surface area contributed by atoms with E-state index in [0.717, 1.165) is 24.7 Å². The minimum absolute atomic E-state index is 0.0561. The fourth-order valence-corrected chi connectivity index (χ4v) is 3.06. The van der Waals surface area contributed by atoms with E-state index >= 15 is 0 Å². The lowest BCUT2D eigenvalue weighted by Crippen LogP contribution is -2.23. The van der Waals surface area contributed by atoms with Crippen LogP contribution in [0.1, 0.15) is 33.1 Å². The number of ketones is 1. The Morgan fingerprint density at radius 2 is 2.13 bits per heavy atom. The summed E-state index contributed by atoms with van der Waals surface area (Å²) in [5, 5.41) is 0. The molecule has 0 aromatic heterocycles. The first-order valence-electron chi connectivity index (χ1n) is 5.25. The maximum atomic E-state index is 11.5. The molecule has 1 fully saturated rings. The zero-order chi connectivity index (χ0) is 11.3. The predicted octanol–water partition coefficient (Wildman–Crippen LogP) is 2.65. The van der Waals surface area contributed by atoms with E-state index in [9.17, 15) is 9.59 Å². The summed E-state index contributed by atoms with van der Waals surface area (Å²) in [4.78, 5) is 22.4. The molecular weight excluding hydrogens is 256 g/mol. The van der Waals surface area contributed by atoms with E-state index in [-0.39, 0.29) is 21.4 Å². The molecule has 2 nitrogen and oxygen atoms in total. The summed E-state index contributed by atoms with van der Waals surface area (Å²) in [5.74, 6) is 0.451. The average molecular weight is 271 g/mol. The lowest BCUT2D eigenvalue weighted by atomic mass is 9.75. The molecule has 0 N–H and O–H groups in total. The van der Waals surface area contributed by atoms with E-state index in [1.54, 1.807) is 6.08 Å². The molecule has 0 unspecified atom stereocenters. The quantitative estimate of drug-likeness (QED) is 0.571. The second-order valence-electron chi connectivity index (χ2n) is 5.50. The van der Waals surface area contributed by atoms with E-state index in [4.69, 9.17) is 0 Å². The smallest absolute Gasteiger partial charge is 0.156 e. The molecule has 1 saturated carbocycles. The molecule has 0 aromatic rings. The van der Waals surface area contributed by atoms with Crippen molar-refractivity contribution in [2.45, 2.75) is 37.4 Å². The van der Waals surface area contributed by atoms with Crippen molar-refractivity contribution in [1.82, 2.24) is 0 Å². The van der Waals surface area contributed by atoms with Crippen LogP contribution in [0.3, 0.4) is 0 Å². The normalized spacial score (nSPS) is 38.5. The van der Waals surface area contributed by atoms with E-state index in [1.165, 1.54) is 0 Å². The molecule has 15 heavy (non-hydrogen) atoms. The van der Waals surface area contributed by atoms with E-state index < -0.39 is 0 Å². The van der Waals surface area contributed by atoms with Crippen molar-refractivity contribution >= 4 is 28.0 Å². The first-order chi connectivity index (χ1) is 6.86. The number of allylic oxidation sites excluding steroid dienone is 2.